The monoisotopic (exact) mass is 491 g/mol. The van der Waals surface area contributed by atoms with Crippen LogP contribution in [0.15, 0.2) is 66.3 Å². The zero-order valence-electron chi connectivity index (χ0n) is 19.2. The molecule has 0 bridgehead atoms. The first-order valence-electron chi connectivity index (χ1n) is 11.9. The highest BCUT2D eigenvalue weighted by molar-refractivity contribution is 7.13. The highest BCUT2D eigenvalue weighted by Gasteiger charge is 2.25. The summed E-state index contributed by atoms with van der Waals surface area (Å²) in [6.07, 6.45) is 6.45. The first-order valence-corrected chi connectivity index (χ1v) is 12.8. The summed E-state index contributed by atoms with van der Waals surface area (Å²) in [5, 5.41) is 12.7. The van der Waals surface area contributed by atoms with Gasteiger partial charge in [0.05, 0.1) is 34.1 Å². The van der Waals surface area contributed by atoms with Crippen molar-refractivity contribution in [3.05, 3.63) is 66.3 Å². The van der Waals surface area contributed by atoms with Crippen molar-refractivity contribution in [1.29, 1.82) is 0 Å². The molecule has 7 rings (SSSR count). The predicted molar refractivity (Wildman–Crippen MR) is 141 cm³/mol. The van der Waals surface area contributed by atoms with Crippen LogP contribution in [-0.2, 0) is 4.79 Å². The number of pyridine rings is 2. The molecule has 3 N–H and O–H groups in total. The average Bonchev–Trinajstić information content (AvgIpc) is 3.61. The fourth-order valence-electron chi connectivity index (χ4n) is 4.56. The van der Waals surface area contributed by atoms with Gasteiger partial charge in [-0.05, 0) is 48.6 Å². The molecule has 5 aromatic heterocycles. The summed E-state index contributed by atoms with van der Waals surface area (Å²) in [6.45, 7) is 0. The quantitative estimate of drug-likeness (QED) is 0.273. The third kappa shape index (κ3) is 3.56. The Morgan fingerprint density at radius 2 is 1.94 bits per heavy atom. The van der Waals surface area contributed by atoms with Crippen LogP contribution in [0.1, 0.15) is 19.3 Å². The normalized spacial score (nSPS) is 13.8. The van der Waals surface area contributed by atoms with Crippen LogP contribution in [0.2, 0.25) is 0 Å². The van der Waals surface area contributed by atoms with Gasteiger partial charge in [-0.25, -0.2) is 9.97 Å². The molecule has 36 heavy (non-hydrogen) atoms. The Morgan fingerprint density at radius 1 is 1.00 bits per heavy atom. The number of hydrogen-bond donors (Lipinski definition) is 3. The Bertz CT molecular complexity index is 1730. The van der Waals surface area contributed by atoms with Crippen molar-refractivity contribution >= 4 is 45.0 Å². The maximum Gasteiger partial charge on any atom is 0.227 e. The maximum absolute atomic E-state index is 12.4. The van der Waals surface area contributed by atoms with E-state index in [2.05, 4.69) is 43.0 Å². The lowest BCUT2D eigenvalue weighted by Crippen LogP contribution is -2.28. The molecule has 9 heteroatoms. The van der Waals surface area contributed by atoms with Crippen molar-refractivity contribution in [3.63, 3.8) is 0 Å². The fraction of sp³-hybridized carbons (Fsp3) is 0.148. The molecule has 1 aromatic carbocycles. The van der Waals surface area contributed by atoms with E-state index in [1.54, 1.807) is 23.7 Å². The van der Waals surface area contributed by atoms with Crippen LogP contribution in [0.25, 0.3) is 55.3 Å². The Kier molecular flexibility index (Phi) is 4.88. The standard InChI is InChI=1S/C27H21N7OS/c35-27(15-4-1-5-15)29-17-12-16(13-28-14-17)19-9-10-21-24(30-19)25(34-33-21)26-31-20-7-2-6-18(23(20)32-26)22-8-3-11-36-22/h2-3,6-15H,1,4-5H2,(H,29,35)(H,31,32)(H,33,34). The fourth-order valence-corrected chi connectivity index (χ4v) is 5.32. The zero-order chi connectivity index (χ0) is 24.1. The number of fused-ring (bicyclic) bond motifs is 2. The van der Waals surface area contributed by atoms with Crippen LogP contribution < -0.4 is 5.32 Å². The van der Waals surface area contributed by atoms with Gasteiger partial charge in [0.25, 0.3) is 0 Å². The number of H-pyrrole nitrogens is 2. The highest BCUT2D eigenvalue weighted by Crippen LogP contribution is 2.34. The second-order valence-electron chi connectivity index (χ2n) is 9.01. The van der Waals surface area contributed by atoms with Gasteiger partial charge in [0.1, 0.15) is 5.52 Å². The lowest BCUT2D eigenvalue weighted by molar-refractivity contribution is -0.122. The third-order valence-electron chi connectivity index (χ3n) is 6.71. The molecule has 176 valence electrons. The van der Waals surface area contributed by atoms with Gasteiger partial charge in [0.15, 0.2) is 11.5 Å². The van der Waals surface area contributed by atoms with Gasteiger partial charge in [-0.1, -0.05) is 24.6 Å². The van der Waals surface area contributed by atoms with Gasteiger partial charge >= 0.3 is 0 Å². The molecule has 1 fully saturated rings. The highest BCUT2D eigenvalue weighted by atomic mass is 32.1. The molecule has 5 heterocycles. The molecule has 6 aromatic rings. The van der Waals surface area contributed by atoms with Gasteiger partial charge in [-0.2, -0.15) is 5.10 Å². The molecule has 1 saturated carbocycles. The summed E-state index contributed by atoms with van der Waals surface area (Å²) in [4.78, 5) is 31.1. The number of amides is 1. The summed E-state index contributed by atoms with van der Waals surface area (Å²) in [5.41, 5.74) is 7.37. The number of nitrogens with zero attached hydrogens (tertiary/aromatic N) is 4. The van der Waals surface area contributed by atoms with Crippen LogP contribution in [0, 0.1) is 5.92 Å². The smallest absolute Gasteiger partial charge is 0.227 e. The van der Waals surface area contributed by atoms with Crippen LogP contribution in [-0.4, -0.2) is 36.0 Å². The van der Waals surface area contributed by atoms with E-state index in [-0.39, 0.29) is 11.8 Å². The topological polar surface area (TPSA) is 112 Å². The largest absolute Gasteiger partial charge is 0.336 e. The van der Waals surface area contributed by atoms with E-state index in [4.69, 9.17) is 9.97 Å². The van der Waals surface area contributed by atoms with Gasteiger partial charge in [-0.3, -0.25) is 14.9 Å². The average molecular weight is 492 g/mol. The van der Waals surface area contributed by atoms with Gasteiger partial charge in [0.2, 0.25) is 5.91 Å². The van der Waals surface area contributed by atoms with Crippen molar-refractivity contribution in [1.82, 2.24) is 30.1 Å². The van der Waals surface area contributed by atoms with E-state index in [1.807, 2.05) is 36.4 Å². The van der Waals surface area contributed by atoms with E-state index in [9.17, 15) is 4.79 Å². The van der Waals surface area contributed by atoms with Crippen molar-refractivity contribution in [2.45, 2.75) is 19.3 Å². The minimum absolute atomic E-state index is 0.0625. The van der Waals surface area contributed by atoms with Gasteiger partial charge in [-0.15, -0.1) is 11.3 Å². The second-order valence-corrected chi connectivity index (χ2v) is 9.96. The predicted octanol–water partition coefficient (Wildman–Crippen LogP) is 6.03. The molecule has 0 unspecified atom stereocenters. The lowest BCUT2D eigenvalue weighted by Gasteiger charge is -2.24. The lowest BCUT2D eigenvalue weighted by atomic mass is 9.85. The Balaban J connectivity index is 1.26. The number of benzene rings is 1. The van der Waals surface area contributed by atoms with Crippen molar-refractivity contribution in [2.75, 3.05) is 5.32 Å². The number of imidazole rings is 1. The number of thiophene rings is 1. The number of para-hydroxylation sites is 1. The number of rotatable bonds is 5. The zero-order valence-corrected chi connectivity index (χ0v) is 20.0. The molecule has 1 aliphatic rings. The van der Waals surface area contributed by atoms with Crippen LogP contribution in [0.3, 0.4) is 0 Å². The molecule has 0 aliphatic heterocycles. The minimum atomic E-state index is 0.0625. The molecule has 8 nitrogen and oxygen atoms in total. The van der Waals surface area contributed by atoms with Gasteiger partial charge in [0, 0.05) is 28.1 Å². The number of carbonyl (C=O) groups excluding carboxylic acids is 1. The number of nitrogens with one attached hydrogen (secondary N) is 3. The van der Waals surface area contributed by atoms with Crippen molar-refractivity contribution in [3.8, 4) is 33.2 Å². The molecule has 1 amide bonds. The number of carbonyl (C=O) groups is 1. The number of aromatic nitrogens is 6. The second kappa shape index (κ2) is 8.39. The summed E-state index contributed by atoms with van der Waals surface area (Å²) < 4.78 is 0. The Hall–Kier alpha value is -4.37. The van der Waals surface area contributed by atoms with E-state index in [0.29, 0.717) is 22.7 Å². The SMILES string of the molecule is O=C(Nc1cncc(-c2ccc3[nH]nc(-c4nc5c(-c6cccs6)cccc5[nH]4)c3n2)c1)C1CCC1. The maximum atomic E-state index is 12.4. The van der Waals surface area contributed by atoms with E-state index in [1.165, 1.54) is 4.88 Å². The summed E-state index contributed by atoms with van der Waals surface area (Å²) in [5.74, 6) is 0.831. The van der Waals surface area contributed by atoms with E-state index < -0.39 is 0 Å². The molecule has 0 spiro atoms. The van der Waals surface area contributed by atoms with Crippen LogP contribution in [0.4, 0.5) is 5.69 Å². The summed E-state index contributed by atoms with van der Waals surface area (Å²) in [7, 11) is 0. The number of anilines is 1. The van der Waals surface area contributed by atoms with E-state index in [0.717, 1.165) is 52.6 Å². The Morgan fingerprint density at radius 3 is 2.78 bits per heavy atom. The minimum Gasteiger partial charge on any atom is -0.336 e. The number of aromatic amines is 2. The van der Waals surface area contributed by atoms with E-state index >= 15 is 0 Å². The molecular weight excluding hydrogens is 470 g/mol. The van der Waals surface area contributed by atoms with Crippen molar-refractivity contribution in [2.24, 2.45) is 5.92 Å². The number of hydrogen-bond acceptors (Lipinski definition) is 6. The first kappa shape index (κ1) is 21.0. The van der Waals surface area contributed by atoms with Gasteiger partial charge < -0.3 is 10.3 Å². The molecule has 0 radical (unpaired) electrons. The van der Waals surface area contributed by atoms with Crippen molar-refractivity contribution < 1.29 is 4.79 Å². The molecule has 1 aliphatic carbocycles. The summed E-state index contributed by atoms with van der Waals surface area (Å²) in [6, 6.07) is 16.1. The Labute approximate surface area is 209 Å². The van der Waals surface area contributed by atoms with Crippen LogP contribution >= 0.6 is 11.3 Å². The third-order valence-corrected chi connectivity index (χ3v) is 7.61. The molecular formula is C27H21N7OS. The van der Waals surface area contributed by atoms with Crippen LogP contribution in [0.5, 0.6) is 0 Å². The first-order chi connectivity index (χ1) is 17.7. The summed E-state index contributed by atoms with van der Waals surface area (Å²) >= 11 is 1.69. The molecule has 0 atom stereocenters. The molecule has 0 saturated heterocycles.